The summed E-state index contributed by atoms with van der Waals surface area (Å²) in [6, 6.07) is 5.48. The van der Waals surface area contributed by atoms with Crippen LogP contribution >= 0.6 is 0 Å². The highest BCUT2D eigenvalue weighted by Crippen LogP contribution is 2.24. The Morgan fingerprint density at radius 2 is 2.00 bits per heavy atom. The Labute approximate surface area is 110 Å². The Hall–Kier alpha value is -2.40. The van der Waals surface area contributed by atoms with Crippen molar-refractivity contribution in [3.05, 3.63) is 34.9 Å². The number of nitriles is 2. The Morgan fingerprint density at radius 1 is 1.32 bits per heavy atom. The first-order valence-corrected chi connectivity index (χ1v) is 5.76. The van der Waals surface area contributed by atoms with Crippen molar-refractivity contribution >= 4 is 6.08 Å². The number of allylic oxidation sites excluding steroid dienone is 1. The van der Waals surface area contributed by atoms with E-state index in [1.807, 2.05) is 6.92 Å². The topological polar surface area (TPSA) is 56.8 Å². The number of rotatable bonds is 5. The van der Waals surface area contributed by atoms with Crippen LogP contribution in [0.1, 0.15) is 25.3 Å². The minimum atomic E-state index is -1.07. The van der Waals surface area contributed by atoms with Gasteiger partial charge >= 0.3 is 0 Å². The fraction of sp³-hybridized carbons (Fsp3) is 0.286. The number of hydrogen-bond donors (Lipinski definition) is 0. The van der Waals surface area contributed by atoms with E-state index in [0.29, 0.717) is 0 Å². The van der Waals surface area contributed by atoms with E-state index in [4.69, 9.17) is 15.3 Å². The van der Waals surface area contributed by atoms with Crippen LogP contribution in [-0.2, 0) is 0 Å². The van der Waals surface area contributed by atoms with Crippen LogP contribution in [0.25, 0.3) is 6.08 Å². The zero-order chi connectivity index (χ0) is 14.3. The van der Waals surface area contributed by atoms with Crippen molar-refractivity contribution in [1.82, 2.24) is 0 Å². The largest absolute Gasteiger partial charge is 0.490 e. The fourth-order valence-corrected chi connectivity index (χ4v) is 1.35. The van der Waals surface area contributed by atoms with Gasteiger partial charge in [-0.2, -0.15) is 14.9 Å². The summed E-state index contributed by atoms with van der Waals surface area (Å²) < 4.78 is 32.0. The molecule has 0 aliphatic carbocycles. The number of halogens is 2. The van der Waals surface area contributed by atoms with Crippen molar-refractivity contribution in [2.45, 2.75) is 19.8 Å². The molecule has 0 N–H and O–H groups in total. The summed E-state index contributed by atoms with van der Waals surface area (Å²) in [7, 11) is 0. The number of hydrogen-bond acceptors (Lipinski definition) is 3. The van der Waals surface area contributed by atoms with Crippen molar-refractivity contribution < 1.29 is 13.5 Å². The second kappa shape index (κ2) is 7.13. The smallest absolute Gasteiger partial charge is 0.200 e. The summed E-state index contributed by atoms with van der Waals surface area (Å²) in [5, 5.41) is 17.2. The molecule has 5 heteroatoms. The van der Waals surface area contributed by atoms with Crippen molar-refractivity contribution in [3.8, 4) is 17.9 Å². The molecule has 1 aromatic carbocycles. The molecular weight excluding hydrogens is 250 g/mol. The summed E-state index contributed by atoms with van der Waals surface area (Å²) in [6.45, 7) is 2.23. The van der Waals surface area contributed by atoms with E-state index in [1.54, 1.807) is 12.1 Å². The first-order valence-electron chi connectivity index (χ1n) is 5.76. The molecule has 0 unspecified atom stereocenters. The van der Waals surface area contributed by atoms with Gasteiger partial charge in [-0.05, 0) is 30.2 Å². The van der Waals surface area contributed by atoms with Gasteiger partial charge in [-0.25, -0.2) is 4.39 Å². The van der Waals surface area contributed by atoms with Crippen LogP contribution in [0.2, 0.25) is 0 Å². The van der Waals surface area contributed by atoms with Gasteiger partial charge in [0.15, 0.2) is 11.6 Å². The average Bonchev–Trinajstić information content (AvgIpc) is 2.41. The van der Waals surface area contributed by atoms with E-state index in [1.165, 1.54) is 12.1 Å². The normalized spacial score (nSPS) is 9.32. The standard InChI is InChI=1S/C14H12F2N2O/c1-2-3-4-19-13-7-10(5-11(8-17)9-18)6-12(15)14(13)16/h5-7H,2-4H2,1H3. The summed E-state index contributed by atoms with van der Waals surface area (Å²) in [5.74, 6) is -2.35. The molecule has 0 aliphatic heterocycles. The Bertz CT molecular complexity index is 552. The minimum Gasteiger partial charge on any atom is -0.490 e. The fourth-order valence-electron chi connectivity index (χ4n) is 1.35. The van der Waals surface area contributed by atoms with Gasteiger partial charge in [-0.3, -0.25) is 0 Å². The SMILES string of the molecule is CCCCOc1cc(C=C(C#N)C#N)cc(F)c1F. The molecule has 0 amide bonds. The quantitative estimate of drug-likeness (QED) is 0.602. The number of unbranched alkanes of at least 4 members (excludes halogenated alkanes) is 1. The van der Waals surface area contributed by atoms with Crippen LogP contribution in [0.3, 0.4) is 0 Å². The van der Waals surface area contributed by atoms with Gasteiger partial charge in [-0.1, -0.05) is 13.3 Å². The molecule has 0 fully saturated rings. The van der Waals surface area contributed by atoms with E-state index in [2.05, 4.69) is 0 Å². The molecule has 0 aliphatic rings. The zero-order valence-corrected chi connectivity index (χ0v) is 10.4. The predicted octanol–water partition coefficient (Wildman–Crippen LogP) is 3.57. The molecule has 0 saturated heterocycles. The number of ether oxygens (including phenoxy) is 1. The van der Waals surface area contributed by atoms with Gasteiger partial charge in [-0.15, -0.1) is 0 Å². The van der Waals surface area contributed by atoms with E-state index in [-0.39, 0.29) is 23.5 Å². The maximum atomic E-state index is 13.5. The van der Waals surface area contributed by atoms with Crippen LogP contribution in [0, 0.1) is 34.3 Å². The average molecular weight is 262 g/mol. The molecule has 0 heterocycles. The van der Waals surface area contributed by atoms with E-state index in [0.717, 1.165) is 18.9 Å². The van der Waals surface area contributed by atoms with Crippen molar-refractivity contribution in [1.29, 1.82) is 10.5 Å². The Kier molecular flexibility index (Phi) is 5.50. The van der Waals surface area contributed by atoms with Crippen LogP contribution in [0.5, 0.6) is 5.75 Å². The monoisotopic (exact) mass is 262 g/mol. The number of benzene rings is 1. The van der Waals surface area contributed by atoms with Gasteiger partial charge < -0.3 is 4.74 Å². The van der Waals surface area contributed by atoms with E-state index in [9.17, 15) is 8.78 Å². The minimum absolute atomic E-state index is 0.189. The molecule has 0 spiro atoms. The first-order chi connectivity index (χ1) is 9.12. The molecule has 98 valence electrons. The molecule has 0 atom stereocenters. The molecule has 0 bridgehead atoms. The van der Waals surface area contributed by atoms with Gasteiger partial charge in [0.2, 0.25) is 5.82 Å². The van der Waals surface area contributed by atoms with Crippen molar-refractivity contribution in [2.24, 2.45) is 0 Å². The highest BCUT2D eigenvalue weighted by Gasteiger charge is 2.11. The molecular formula is C14H12F2N2O. The maximum Gasteiger partial charge on any atom is 0.200 e. The highest BCUT2D eigenvalue weighted by atomic mass is 19.2. The lowest BCUT2D eigenvalue weighted by atomic mass is 10.1. The van der Waals surface area contributed by atoms with Crippen molar-refractivity contribution in [2.75, 3.05) is 6.61 Å². The first kappa shape index (κ1) is 14.7. The Morgan fingerprint density at radius 3 is 2.58 bits per heavy atom. The second-order valence-electron chi connectivity index (χ2n) is 3.80. The summed E-state index contributed by atoms with van der Waals surface area (Å²) in [5.41, 5.74) is 0.0222. The summed E-state index contributed by atoms with van der Waals surface area (Å²) in [6.07, 6.45) is 2.77. The van der Waals surface area contributed by atoms with Gasteiger partial charge in [0, 0.05) is 0 Å². The van der Waals surface area contributed by atoms with E-state index < -0.39 is 11.6 Å². The van der Waals surface area contributed by atoms with Gasteiger partial charge in [0.1, 0.15) is 17.7 Å². The van der Waals surface area contributed by atoms with Crippen molar-refractivity contribution in [3.63, 3.8) is 0 Å². The molecule has 0 radical (unpaired) electrons. The highest BCUT2D eigenvalue weighted by molar-refractivity contribution is 5.63. The molecule has 3 nitrogen and oxygen atoms in total. The lowest BCUT2D eigenvalue weighted by Crippen LogP contribution is -2.00. The predicted molar refractivity (Wildman–Crippen MR) is 66.0 cm³/mol. The number of nitrogens with zero attached hydrogens (tertiary/aromatic N) is 2. The molecule has 1 rings (SSSR count). The van der Waals surface area contributed by atoms with Gasteiger partial charge in [0.05, 0.1) is 6.61 Å². The lowest BCUT2D eigenvalue weighted by molar-refractivity contribution is 0.288. The molecule has 19 heavy (non-hydrogen) atoms. The summed E-state index contributed by atoms with van der Waals surface area (Å²) in [4.78, 5) is 0. The summed E-state index contributed by atoms with van der Waals surface area (Å²) >= 11 is 0. The molecule has 0 aromatic heterocycles. The molecule has 1 aromatic rings. The third-order valence-corrected chi connectivity index (χ3v) is 2.32. The Balaban J connectivity index is 3.07. The van der Waals surface area contributed by atoms with Crippen LogP contribution in [0.15, 0.2) is 17.7 Å². The van der Waals surface area contributed by atoms with Gasteiger partial charge in [0.25, 0.3) is 0 Å². The van der Waals surface area contributed by atoms with E-state index >= 15 is 0 Å². The molecule has 0 saturated carbocycles. The zero-order valence-electron chi connectivity index (χ0n) is 10.4. The van der Waals surface area contributed by atoms with Crippen LogP contribution < -0.4 is 4.74 Å². The van der Waals surface area contributed by atoms with Crippen LogP contribution in [-0.4, -0.2) is 6.61 Å². The third-order valence-electron chi connectivity index (χ3n) is 2.32. The third kappa shape index (κ3) is 4.08. The van der Waals surface area contributed by atoms with Crippen LogP contribution in [0.4, 0.5) is 8.78 Å². The maximum absolute atomic E-state index is 13.5. The second-order valence-corrected chi connectivity index (χ2v) is 3.80. The lowest BCUT2D eigenvalue weighted by Gasteiger charge is -2.08.